The van der Waals surface area contributed by atoms with Gasteiger partial charge in [0.1, 0.15) is 0 Å². The van der Waals surface area contributed by atoms with Gasteiger partial charge in [-0.3, -0.25) is 9.59 Å². The summed E-state index contributed by atoms with van der Waals surface area (Å²) in [7, 11) is 1.41. The van der Waals surface area contributed by atoms with Crippen molar-refractivity contribution in [2.45, 2.75) is 46.0 Å². The molecule has 0 N–H and O–H groups in total. The molecule has 0 fully saturated rings. The average molecular weight is 238 g/mol. The number of methoxy groups -OCH3 is 1. The van der Waals surface area contributed by atoms with Gasteiger partial charge in [-0.2, -0.15) is 0 Å². The van der Waals surface area contributed by atoms with Gasteiger partial charge in [0.2, 0.25) is 0 Å². The Morgan fingerprint density at radius 1 is 1.47 bits per heavy atom. The molecule has 0 aromatic heterocycles. The number of rotatable bonds is 5. The molecule has 0 saturated heterocycles. The third kappa shape index (κ3) is 3.69. The first kappa shape index (κ1) is 13.9. The van der Waals surface area contributed by atoms with Gasteiger partial charge in [-0.1, -0.05) is 31.8 Å². The molecule has 96 valence electrons. The van der Waals surface area contributed by atoms with E-state index in [2.05, 4.69) is 6.92 Å². The van der Waals surface area contributed by atoms with Crippen LogP contribution in [0.3, 0.4) is 0 Å². The quantitative estimate of drug-likeness (QED) is 0.546. The van der Waals surface area contributed by atoms with Gasteiger partial charge in [0.05, 0.1) is 13.0 Å². The van der Waals surface area contributed by atoms with Crippen LogP contribution in [0.15, 0.2) is 11.6 Å². The van der Waals surface area contributed by atoms with Gasteiger partial charge in [0, 0.05) is 6.42 Å². The molecule has 2 atom stereocenters. The predicted octanol–water partition coefficient (Wildman–Crippen LogP) is 2.89. The molecule has 1 rings (SSSR count). The highest BCUT2D eigenvalue weighted by atomic mass is 16.5. The summed E-state index contributed by atoms with van der Waals surface area (Å²) in [4.78, 5) is 23.3. The van der Waals surface area contributed by atoms with E-state index < -0.39 is 0 Å². The zero-order valence-corrected chi connectivity index (χ0v) is 11.0. The summed E-state index contributed by atoms with van der Waals surface area (Å²) in [5.41, 5.74) is 0.856. The van der Waals surface area contributed by atoms with E-state index in [-0.39, 0.29) is 23.6 Å². The molecular formula is C14H22O3. The highest BCUT2D eigenvalue weighted by Gasteiger charge is 2.34. The van der Waals surface area contributed by atoms with E-state index in [9.17, 15) is 9.59 Å². The molecule has 0 saturated carbocycles. The summed E-state index contributed by atoms with van der Waals surface area (Å²) >= 11 is 0. The fourth-order valence-corrected chi connectivity index (χ4v) is 2.58. The molecule has 17 heavy (non-hydrogen) atoms. The molecule has 0 unspecified atom stereocenters. The van der Waals surface area contributed by atoms with Crippen LogP contribution in [0, 0.1) is 11.8 Å². The molecule has 0 aromatic rings. The van der Waals surface area contributed by atoms with Gasteiger partial charge in [-0.15, -0.1) is 0 Å². The number of esters is 1. The van der Waals surface area contributed by atoms with Gasteiger partial charge in [0.15, 0.2) is 5.78 Å². The largest absolute Gasteiger partial charge is 0.469 e. The Balaban J connectivity index is 2.74. The number of ketones is 1. The van der Waals surface area contributed by atoms with E-state index in [1.807, 2.05) is 6.92 Å². The lowest BCUT2D eigenvalue weighted by molar-refractivity contribution is -0.146. The van der Waals surface area contributed by atoms with Crippen LogP contribution in [0.5, 0.6) is 0 Å². The number of hydrogen-bond acceptors (Lipinski definition) is 3. The van der Waals surface area contributed by atoms with Crippen molar-refractivity contribution in [2.75, 3.05) is 7.11 Å². The normalized spacial score (nSPS) is 24.4. The first-order valence-electron chi connectivity index (χ1n) is 6.39. The van der Waals surface area contributed by atoms with Crippen LogP contribution in [0.25, 0.3) is 0 Å². The highest BCUT2D eigenvalue weighted by Crippen LogP contribution is 2.33. The smallest absolute Gasteiger partial charge is 0.313 e. The van der Waals surface area contributed by atoms with E-state index in [4.69, 9.17) is 4.74 Å². The summed E-state index contributed by atoms with van der Waals surface area (Å²) in [6, 6.07) is 0. The maximum Gasteiger partial charge on any atom is 0.313 e. The molecule has 0 aromatic carbocycles. The second-order valence-electron chi connectivity index (χ2n) is 4.82. The van der Waals surface area contributed by atoms with Gasteiger partial charge >= 0.3 is 5.97 Å². The van der Waals surface area contributed by atoms with Crippen LogP contribution >= 0.6 is 0 Å². The van der Waals surface area contributed by atoms with E-state index in [1.54, 1.807) is 6.08 Å². The van der Waals surface area contributed by atoms with Crippen molar-refractivity contribution in [3.63, 3.8) is 0 Å². The van der Waals surface area contributed by atoms with Gasteiger partial charge < -0.3 is 4.74 Å². The molecule has 0 heterocycles. The van der Waals surface area contributed by atoms with Gasteiger partial charge in [-0.25, -0.2) is 0 Å². The minimum atomic E-state index is -0.213. The molecule has 0 spiro atoms. The molecule has 3 heteroatoms. The zero-order chi connectivity index (χ0) is 12.8. The fourth-order valence-electron chi connectivity index (χ4n) is 2.58. The van der Waals surface area contributed by atoms with Crippen molar-refractivity contribution >= 4 is 11.8 Å². The summed E-state index contributed by atoms with van der Waals surface area (Å²) in [6.45, 7) is 4.00. The number of unbranched alkanes of at least 4 members (excludes halogenated alkanes) is 2. The lowest BCUT2D eigenvalue weighted by Crippen LogP contribution is -2.31. The van der Waals surface area contributed by atoms with Crippen LogP contribution in [0.4, 0.5) is 0 Å². The Labute approximate surface area is 103 Å². The molecular weight excluding hydrogens is 216 g/mol. The van der Waals surface area contributed by atoms with Crippen LogP contribution in [-0.4, -0.2) is 18.9 Å². The van der Waals surface area contributed by atoms with Crippen LogP contribution in [0.1, 0.15) is 46.0 Å². The molecule has 0 aliphatic heterocycles. The third-order valence-corrected chi connectivity index (χ3v) is 3.45. The van der Waals surface area contributed by atoms with Crippen molar-refractivity contribution in [1.82, 2.24) is 0 Å². The van der Waals surface area contributed by atoms with E-state index in [0.717, 1.165) is 31.3 Å². The summed E-state index contributed by atoms with van der Waals surface area (Å²) in [6.07, 6.45) is 6.40. The lowest BCUT2D eigenvalue weighted by atomic mass is 9.76. The maximum atomic E-state index is 11.8. The molecule has 3 nitrogen and oxygen atoms in total. The second-order valence-corrected chi connectivity index (χ2v) is 4.82. The minimum absolute atomic E-state index is 0.131. The fraction of sp³-hybridized carbons (Fsp3) is 0.714. The summed E-state index contributed by atoms with van der Waals surface area (Å²) < 4.78 is 4.84. The van der Waals surface area contributed by atoms with Crippen molar-refractivity contribution in [2.24, 2.45) is 11.8 Å². The zero-order valence-electron chi connectivity index (χ0n) is 11.0. The number of ether oxygens (including phenoxy) is 1. The molecule has 0 bridgehead atoms. The van der Waals surface area contributed by atoms with Crippen molar-refractivity contribution in [3.05, 3.63) is 11.6 Å². The standard InChI is InChI=1S/C14H22O3/c1-4-5-6-7-11-9-12(15)8-10(2)13(11)14(16)17-3/h8,11,13H,4-7,9H2,1-3H3/t11-,13+/m0/s1. The van der Waals surface area contributed by atoms with Gasteiger partial charge in [-0.05, 0) is 25.3 Å². The first-order chi connectivity index (χ1) is 8.10. The Morgan fingerprint density at radius 3 is 2.76 bits per heavy atom. The second kappa shape index (κ2) is 6.58. The van der Waals surface area contributed by atoms with Gasteiger partial charge in [0.25, 0.3) is 0 Å². The van der Waals surface area contributed by atoms with Crippen molar-refractivity contribution in [3.8, 4) is 0 Å². The van der Waals surface area contributed by atoms with Crippen molar-refractivity contribution < 1.29 is 14.3 Å². The number of hydrogen-bond donors (Lipinski definition) is 0. The number of carbonyl (C=O) groups is 2. The number of carbonyl (C=O) groups excluding carboxylic acids is 2. The third-order valence-electron chi connectivity index (χ3n) is 3.45. The Morgan fingerprint density at radius 2 is 2.18 bits per heavy atom. The van der Waals surface area contributed by atoms with E-state index >= 15 is 0 Å². The minimum Gasteiger partial charge on any atom is -0.469 e. The summed E-state index contributed by atoms with van der Waals surface area (Å²) in [5.74, 6) is -0.141. The SMILES string of the molecule is CCCCC[C@H]1CC(=O)C=C(C)[C@H]1C(=O)OC. The molecule has 1 aliphatic carbocycles. The maximum absolute atomic E-state index is 11.8. The van der Waals surface area contributed by atoms with Crippen LogP contribution < -0.4 is 0 Å². The summed E-state index contributed by atoms with van der Waals surface area (Å²) in [5, 5.41) is 0. The van der Waals surface area contributed by atoms with Crippen LogP contribution in [0.2, 0.25) is 0 Å². The van der Waals surface area contributed by atoms with Crippen molar-refractivity contribution in [1.29, 1.82) is 0 Å². The Kier molecular flexibility index (Phi) is 5.39. The number of allylic oxidation sites excluding steroid dienone is 1. The van der Waals surface area contributed by atoms with E-state index in [1.165, 1.54) is 7.11 Å². The Hall–Kier alpha value is -1.12. The predicted molar refractivity (Wildman–Crippen MR) is 66.5 cm³/mol. The Bertz CT molecular complexity index is 317. The molecule has 1 aliphatic rings. The first-order valence-corrected chi connectivity index (χ1v) is 6.39. The monoisotopic (exact) mass is 238 g/mol. The average Bonchev–Trinajstić information content (AvgIpc) is 2.28. The highest BCUT2D eigenvalue weighted by molar-refractivity contribution is 5.94. The molecule has 0 amide bonds. The van der Waals surface area contributed by atoms with E-state index in [0.29, 0.717) is 6.42 Å². The molecule has 0 radical (unpaired) electrons. The topological polar surface area (TPSA) is 43.4 Å². The van der Waals surface area contributed by atoms with Crippen LogP contribution in [-0.2, 0) is 14.3 Å². The lowest BCUT2D eigenvalue weighted by Gasteiger charge is -2.28.